The normalized spacial score (nSPS) is 12.7. The second-order valence-corrected chi connectivity index (χ2v) is 6.84. The molecule has 0 aliphatic carbocycles. The molecule has 5 heteroatoms. The Morgan fingerprint density at radius 3 is 2.21 bits per heavy atom. The van der Waals surface area contributed by atoms with Crippen LogP contribution >= 0.6 is 0 Å². The lowest BCUT2D eigenvalue weighted by molar-refractivity contribution is -0.147. The molecule has 150 valence electrons. The van der Waals surface area contributed by atoms with Crippen molar-refractivity contribution in [2.24, 2.45) is 5.92 Å². The monoisotopic (exact) mass is 383 g/mol. The van der Waals surface area contributed by atoms with Crippen LogP contribution in [-0.4, -0.2) is 37.0 Å². The predicted octanol–water partition coefficient (Wildman–Crippen LogP) is 4.03. The summed E-state index contributed by atoms with van der Waals surface area (Å²) in [7, 11) is 1.36. The first-order chi connectivity index (χ1) is 13.5. The van der Waals surface area contributed by atoms with Crippen LogP contribution in [-0.2, 0) is 20.7 Å². The number of carbonyl (C=O) groups is 2. The van der Waals surface area contributed by atoms with Crippen LogP contribution in [0.2, 0.25) is 0 Å². The van der Waals surface area contributed by atoms with Gasteiger partial charge in [0.05, 0.1) is 19.1 Å². The second kappa shape index (κ2) is 10.5. The summed E-state index contributed by atoms with van der Waals surface area (Å²) in [4.78, 5) is 26.5. The van der Waals surface area contributed by atoms with Gasteiger partial charge in [-0.1, -0.05) is 56.3 Å². The molecule has 0 aliphatic heterocycles. The molecule has 0 fully saturated rings. The van der Waals surface area contributed by atoms with Crippen LogP contribution in [0, 0.1) is 5.92 Å². The van der Waals surface area contributed by atoms with Crippen molar-refractivity contribution in [3.8, 4) is 5.75 Å². The van der Waals surface area contributed by atoms with Gasteiger partial charge in [-0.15, -0.1) is 0 Å². The minimum absolute atomic E-state index is 0.0868. The molecule has 2 atom stereocenters. The summed E-state index contributed by atoms with van der Waals surface area (Å²) >= 11 is 0. The Kier molecular flexibility index (Phi) is 8.05. The number of rotatable bonds is 9. The zero-order valence-corrected chi connectivity index (χ0v) is 17.1. The van der Waals surface area contributed by atoms with Gasteiger partial charge in [-0.3, -0.25) is 9.59 Å². The highest BCUT2D eigenvalue weighted by molar-refractivity contribution is 5.79. The lowest BCUT2D eigenvalue weighted by Crippen LogP contribution is -2.41. The van der Waals surface area contributed by atoms with E-state index in [2.05, 4.69) is 6.92 Å². The van der Waals surface area contributed by atoms with Crippen molar-refractivity contribution in [3.63, 3.8) is 0 Å². The molecule has 1 amide bonds. The molecule has 0 radical (unpaired) electrons. The van der Waals surface area contributed by atoms with Gasteiger partial charge in [-0.2, -0.15) is 0 Å². The topological polar surface area (TPSA) is 55.8 Å². The standard InChI is InChI=1S/C23H29NO4/c1-5-19-11-13-21(14-12-19)28-16-22(25)24(15-17(2)23(26)27-4)18(3)20-9-7-6-8-10-20/h6-14,17-18H,5,15-16H2,1-4H3. The number of hydrogen-bond acceptors (Lipinski definition) is 4. The summed E-state index contributed by atoms with van der Waals surface area (Å²) in [6.07, 6.45) is 0.951. The minimum atomic E-state index is -0.427. The molecule has 5 nitrogen and oxygen atoms in total. The lowest BCUT2D eigenvalue weighted by Gasteiger charge is -2.31. The Morgan fingerprint density at radius 2 is 1.64 bits per heavy atom. The highest BCUT2D eigenvalue weighted by Crippen LogP contribution is 2.22. The second-order valence-electron chi connectivity index (χ2n) is 6.84. The summed E-state index contributed by atoms with van der Waals surface area (Å²) in [5.74, 6) is -0.288. The van der Waals surface area contributed by atoms with Gasteiger partial charge in [0, 0.05) is 6.54 Å². The van der Waals surface area contributed by atoms with E-state index in [-0.39, 0.29) is 31.1 Å². The van der Waals surface area contributed by atoms with Crippen molar-refractivity contribution < 1.29 is 19.1 Å². The van der Waals surface area contributed by atoms with Gasteiger partial charge in [-0.05, 0) is 36.6 Å². The fraction of sp³-hybridized carbons (Fsp3) is 0.391. The molecule has 2 aromatic carbocycles. The number of hydrogen-bond donors (Lipinski definition) is 0. The van der Waals surface area contributed by atoms with Crippen LogP contribution in [0.5, 0.6) is 5.75 Å². The number of esters is 1. The van der Waals surface area contributed by atoms with Gasteiger partial charge in [0.25, 0.3) is 5.91 Å². The fourth-order valence-corrected chi connectivity index (χ4v) is 3.01. The molecule has 2 unspecified atom stereocenters. The Bertz CT molecular complexity index is 758. The summed E-state index contributed by atoms with van der Waals surface area (Å²) in [6, 6.07) is 17.3. The van der Waals surface area contributed by atoms with Crippen molar-refractivity contribution in [2.45, 2.75) is 33.2 Å². The van der Waals surface area contributed by atoms with E-state index in [4.69, 9.17) is 9.47 Å². The summed E-state index contributed by atoms with van der Waals surface area (Å²) < 4.78 is 10.5. The first kappa shape index (κ1) is 21.5. The van der Waals surface area contributed by atoms with Crippen LogP contribution in [0.15, 0.2) is 54.6 Å². The number of benzene rings is 2. The van der Waals surface area contributed by atoms with E-state index in [1.165, 1.54) is 12.7 Å². The Morgan fingerprint density at radius 1 is 1.00 bits per heavy atom. The molecule has 2 rings (SSSR count). The third kappa shape index (κ3) is 5.84. The van der Waals surface area contributed by atoms with E-state index in [0.29, 0.717) is 5.75 Å². The lowest BCUT2D eigenvalue weighted by atomic mass is 10.0. The van der Waals surface area contributed by atoms with Gasteiger partial charge < -0.3 is 14.4 Å². The van der Waals surface area contributed by atoms with Gasteiger partial charge in [0.15, 0.2) is 6.61 Å². The van der Waals surface area contributed by atoms with Crippen LogP contribution in [0.4, 0.5) is 0 Å². The summed E-state index contributed by atoms with van der Waals surface area (Å²) in [5.41, 5.74) is 2.21. The molecule has 28 heavy (non-hydrogen) atoms. The fourth-order valence-electron chi connectivity index (χ4n) is 3.01. The Balaban J connectivity index is 2.11. The quantitative estimate of drug-likeness (QED) is 0.614. The maximum atomic E-state index is 12.9. The number of ether oxygens (including phenoxy) is 2. The highest BCUT2D eigenvalue weighted by atomic mass is 16.5. The minimum Gasteiger partial charge on any atom is -0.484 e. The van der Waals surface area contributed by atoms with E-state index in [1.54, 1.807) is 11.8 Å². The Hall–Kier alpha value is -2.82. The van der Waals surface area contributed by atoms with Gasteiger partial charge >= 0.3 is 5.97 Å². The predicted molar refractivity (Wildman–Crippen MR) is 109 cm³/mol. The maximum absolute atomic E-state index is 12.9. The average molecular weight is 383 g/mol. The van der Waals surface area contributed by atoms with E-state index >= 15 is 0 Å². The third-order valence-corrected chi connectivity index (χ3v) is 4.84. The van der Waals surface area contributed by atoms with Gasteiger partial charge in [0.1, 0.15) is 5.75 Å². The SMILES string of the molecule is CCc1ccc(OCC(=O)N(CC(C)C(=O)OC)C(C)c2ccccc2)cc1. The van der Waals surface area contributed by atoms with Crippen molar-refractivity contribution >= 4 is 11.9 Å². The molecule has 0 aromatic heterocycles. The molecular weight excluding hydrogens is 354 g/mol. The van der Waals surface area contributed by atoms with Crippen LogP contribution in [0.1, 0.15) is 37.9 Å². The van der Waals surface area contributed by atoms with Crippen LogP contribution < -0.4 is 4.74 Å². The zero-order valence-electron chi connectivity index (χ0n) is 17.1. The first-order valence-electron chi connectivity index (χ1n) is 9.60. The highest BCUT2D eigenvalue weighted by Gasteiger charge is 2.26. The first-order valence-corrected chi connectivity index (χ1v) is 9.60. The van der Waals surface area contributed by atoms with Crippen molar-refractivity contribution in [1.82, 2.24) is 4.90 Å². The van der Waals surface area contributed by atoms with E-state index in [1.807, 2.05) is 61.5 Å². The Labute approximate surface area is 167 Å². The van der Waals surface area contributed by atoms with Crippen molar-refractivity contribution in [2.75, 3.05) is 20.3 Å². The molecule has 0 aliphatic rings. The molecule has 0 saturated carbocycles. The third-order valence-electron chi connectivity index (χ3n) is 4.84. The molecule has 2 aromatic rings. The van der Waals surface area contributed by atoms with Crippen molar-refractivity contribution in [1.29, 1.82) is 0 Å². The largest absolute Gasteiger partial charge is 0.484 e. The number of methoxy groups -OCH3 is 1. The number of aryl methyl sites for hydroxylation is 1. The number of carbonyl (C=O) groups excluding carboxylic acids is 2. The summed E-state index contributed by atoms with van der Waals surface area (Å²) in [6.45, 7) is 5.97. The average Bonchev–Trinajstić information content (AvgIpc) is 2.75. The zero-order chi connectivity index (χ0) is 20.5. The van der Waals surface area contributed by atoms with Gasteiger partial charge in [-0.25, -0.2) is 0 Å². The number of nitrogens with zero attached hydrogens (tertiary/aromatic N) is 1. The summed E-state index contributed by atoms with van der Waals surface area (Å²) in [5, 5.41) is 0. The van der Waals surface area contributed by atoms with E-state index in [9.17, 15) is 9.59 Å². The molecule has 0 bridgehead atoms. The maximum Gasteiger partial charge on any atom is 0.310 e. The molecule has 0 saturated heterocycles. The van der Waals surface area contributed by atoms with Crippen LogP contribution in [0.25, 0.3) is 0 Å². The van der Waals surface area contributed by atoms with Gasteiger partial charge in [0.2, 0.25) is 0 Å². The smallest absolute Gasteiger partial charge is 0.310 e. The molecular formula is C23H29NO4. The number of amides is 1. The molecule has 0 N–H and O–H groups in total. The van der Waals surface area contributed by atoms with Crippen LogP contribution in [0.3, 0.4) is 0 Å². The molecule has 0 spiro atoms. The van der Waals surface area contributed by atoms with E-state index in [0.717, 1.165) is 12.0 Å². The molecule has 0 heterocycles. The van der Waals surface area contributed by atoms with Crippen molar-refractivity contribution in [3.05, 3.63) is 65.7 Å². The van der Waals surface area contributed by atoms with E-state index < -0.39 is 5.92 Å².